The number of rotatable bonds is 7. The Kier molecular flexibility index (Phi) is 4.01. The zero-order chi connectivity index (χ0) is 13.1. The third-order valence-corrected chi connectivity index (χ3v) is 4.15. The molecule has 1 fully saturated rings. The third-order valence-electron chi connectivity index (χ3n) is 3.30. The van der Waals surface area contributed by atoms with Crippen LogP contribution in [-0.2, 0) is 24.5 Å². The van der Waals surface area contributed by atoms with Gasteiger partial charge in [0.2, 0.25) is 0 Å². The lowest BCUT2D eigenvalue weighted by molar-refractivity contribution is 0.108. The van der Waals surface area contributed by atoms with E-state index in [2.05, 4.69) is 22.8 Å². The first-order chi connectivity index (χ1) is 9.31. The molecule has 3 rings (SSSR count). The molecule has 2 aromatic rings. The number of ether oxygens (including phenoxy) is 1. The predicted octanol–water partition coefficient (Wildman–Crippen LogP) is 3.62. The molecule has 1 aliphatic rings. The molecule has 0 bridgehead atoms. The summed E-state index contributed by atoms with van der Waals surface area (Å²) in [6, 6.07) is 6.97. The van der Waals surface area contributed by atoms with Crippen LogP contribution in [0.5, 0.6) is 0 Å². The molecule has 1 aliphatic carbocycles. The van der Waals surface area contributed by atoms with Crippen molar-refractivity contribution in [2.45, 2.75) is 45.6 Å². The van der Waals surface area contributed by atoms with E-state index in [1.165, 1.54) is 17.7 Å². The van der Waals surface area contributed by atoms with Gasteiger partial charge < -0.3 is 14.5 Å². The molecule has 2 heterocycles. The number of thiophene rings is 1. The molecule has 1 saturated carbocycles. The normalized spacial score (nSPS) is 15.0. The van der Waals surface area contributed by atoms with Crippen molar-refractivity contribution in [1.29, 1.82) is 0 Å². The smallest absolute Gasteiger partial charge is 0.118 e. The van der Waals surface area contributed by atoms with Gasteiger partial charge in [-0.05, 0) is 37.3 Å². The van der Waals surface area contributed by atoms with Crippen molar-refractivity contribution in [2.75, 3.05) is 0 Å². The molecule has 4 heteroatoms. The van der Waals surface area contributed by atoms with Gasteiger partial charge in [-0.15, -0.1) is 11.3 Å². The number of aryl methyl sites for hydroxylation is 1. The Bertz CT molecular complexity index is 514. The highest BCUT2D eigenvalue weighted by atomic mass is 32.1. The van der Waals surface area contributed by atoms with Crippen molar-refractivity contribution in [1.82, 2.24) is 5.32 Å². The Labute approximate surface area is 117 Å². The van der Waals surface area contributed by atoms with Crippen LogP contribution in [0.25, 0.3) is 0 Å². The van der Waals surface area contributed by atoms with Gasteiger partial charge in [-0.2, -0.15) is 0 Å². The van der Waals surface area contributed by atoms with Crippen LogP contribution in [0.2, 0.25) is 0 Å². The molecule has 0 saturated heterocycles. The summed E-state index contributed by atoms with van der Waals surface area (Å²) in [5.74, 6) is 1.98. The molecule has 19 heavy (non-hydrogen) atoms. The largest absolute Gasteiger partial charge is 0.465 e. The number of furan rings is 1. The summed E-state index contributed by atoms with van der Waals surface area (Å²) in [7, 11) is 0. The Morgan fingerprint density at radius 2 is 2.32 bits per heavy atom. The average molecular weight is 277 g/mol. The number of nitrogens with one attached hydrogen (secondary N) is 1. The van der Waals surface area contributed by atoms with E-state index < -0.39 is 0 Å². The van der Waals surface area contributed by atoms with Gasteiger partial charge in [-0.3, -0.25) is 0 Å². The SMILES string of the molecule is Cc1oc(CNC2CC2)cc1COCc1cccs1. The first-order valence-electron chi connectivity index (χ1n) is 6.73. The van der Waals surface area contributed by atoms with Crippen LogP contribution in [0.4, 0.5) is 0 Å². The van der Waals surface area contributed by atoms with Gasteiger partial charge in [-0.1, -0.05) is 6.07 Å². The average Bonchev–Trinajstić information content (AvgIpc) is 2.96. The zero-order valence-electron chi connectivity index (χ0n) is 11.1. The first-order valence-corrected chi connectivity index (χ1v) is 7.61. The van der Waals surface area contributed by atoms with E-state index in [9.17, 15) is 0 Å². The van der Waals surface area contributed by atoms with Crippen LogP contribution >= 0.6 is 11.3 Å². The maximum absolute atomic E-state index is 5.74. The monoisotopic (exact) mass is 277 g/mol. The van der Waals surface area contributed by atoms with Crippen molar-refractivity contribution in [3.63, 3.8) is 0 Å². The zero-order valence-corrected chi connectivity index (χ0v) is 12.0. The van der Waals surface area contributed by atoms with Gasteiger partial charge in [0.05, 0.1) is 19.8 Å². The summed E-state index contributed by atoms with van der Waals surface area (Å²) in [6.45, 7) is 4.13. The minimum Gasteiger partial charge on any atom is -0.465 e. The minimum atomic E-state index is 0.622. The molecule has 0 aliphatic heterocycles. The Hall–Kier alpha value is -1.10. The molecule has 0 radical (unpaired) electrons. The lowest BCUT2D eigenvalue weighted by atomic mass is 10.2. The lowest BCUT2D eigenvalue weighted by Gasteiger charge is -2.00. The molecule has 2 aromatic heterocycles. The Morgan fingerprint density at radius 3 is 3.05 bits per heavy atom. The van der Waals surface area contributed by atoms with Gasteiger partial charge in [0.15, 0.2) is 0 Å². The summed E-state index contributed by atoms with van der Waals surface area (Å²) < 4.78 is 11.5. The van der Waals surface area contributed by atoms with Crippen molar-refractivity contribution >= 4 is 11.3 Å². The Morgan fingerprint density at radius 1 is 1.42 bits per heavy atom. The number of hydrogen-bond donors (Lipinski definition) is 1. The second-order valence-electron chi connectivity index (χ2n) is 5.02. The lowest BCUT2D eigenvalue weighted by Crippen LogP contribution is -2.14. The van der Waals surface area contributed by atoms with E-state index in [1.54, 1.807) is 11.3 Å². The Balaban J connectivity index is 1.48. The van der Waals surface area contributed by atoms with Crippen LogP contribution in [-0.4, -0.2) is 6.04 Å². The van der Waals surface area contributed by atoms with Gasteiger partial charge in [0, 0.05) is 16.5 Å². The summed E-state index contributed by atoms with van der Waals surface area (Å²) in [6.07, 6.45) is 2.60. The molecular formula is C15H19NO2S. The summed E-state index contributed by atoms with van der Waals surface area (Å²) in [5.41, 5.74) is 1.16. The van der Waals surface area contributed by atoms with Gasteiger partial charge in [0.25, 0.3) is 0 Å². The molecule has 0 aromatic carbocycles. The quantitative estimate of drug-likeness (QED) is 0.839. The van der Waals surface area contributed by atoms with Crippen molar-refractivity contribution in [3.8, 4) is 0 Å². The molecular weight excluding hydrogens is 258 g/mol. The summed E-state index contributed by atoms with van der Waals surface area (Å²) >= 11 is 1.73. The van der Waals surface area contributed by atoms with Crippen molar-refractivity contribution in [2.24, 2.45) is 0 Å². The van der Waals surface area contributed by atoms with Crippen LogP contribution in [0.1, 0.15) is 34.8 Å². The predicted molar refractivity (Wildman–Crippen MR) is 76.1 cm³/mol. The highest BCUT2D eigenvalue weighted by Crippen LogP contribution is 2.21. The van der Waals surface area contributed by atoms with Gasteiger partial charge in [-0.25, -0.2) is 0 Å². The van der Waals surface area contributed by atoms with E-state index in [0.717, 1.165) is 23.6 Å². The molecule has 0 atom stereocenters. The van der Waals surface area contributed by atoms with Crippen LogP contribution < -0.4 is 5.32 Å². The minimum absolute atomic E-state index is 0.622. The standard InChI is InChI=1S/C15H19NO2S/c1-11-12(9-17-10-15-3-2-6-19-15)7-14(18-11)8-16-13-4-5-13/h2-3,6-7,13,16H,4-5,8-10H2,1H3. The topological polar surface area (TPSA) is 34.4 Å². The fourth-order valence-electron chi connectivity index (χ4n) is 2.01. The van der Waals surface area contributed by atoms with Crippen LogP contribution in [0.15, 0.2) is 28.0 Å². The van der Waals surface area contributed by atoms with E-state index in [1.807, 2.05) is 13.0 Å². The molecule has 0 unspecified atom stereocenters. The highest BCUT2D eigenvalue weighted by Gasteiger charge is 2.20. The van der Waals surface area contributed by atoms with Gasteiger partial charge >= 0.3 is 0 Å². The second-order valence-corrected chi connectivity index (χ2v) is 6.05. The summed E-state index contributed by atoms with van der Waals surface area (Å²) in [4.78, 5) is 1.26. The first kappa shape index (κ1) is 12.9. The molecule has 3 nitrogen and oxygen atoms in total. The molecule has 0 spiro atoms. The number of hydrogen-bond acceptors (Lipinski definition) is 4. The fourth-order valence-corrected chi connectivity index (χ4v) is 2.65. The molecule has 102 valence electrons. The fraction of sp³-hybridized carbons (Fsp3) is 0.467. The van der Waals surface area contributed by atoms with Gasteiger partial charge in [0.1, 0.15) is 11.5 Å². The van der Waals surface area contributed by atoms with Crippen LogP contribution in [0, 0.1) is 6.92 Å². The van der Waals surface area contributed by atoms with E-state index >= 15 is 0 Å². The summed E-state index contributed by atoms with van der Waals surface area (Å²) in [5, 5.41) is 5.53. The maximum atomic E-state index is 5.74. The molecule has 0 amide bonds. The van der Waals surface area contributed by atoms with E-state index in [-0.39, 0.29) is 0 Å². The second kappa shape index (κ2) is 5.90. The van der Waals surface area contributed by atoms with E-state index in [4.69, 9.17) is 9.15 Å². The maximum Gasteiger partial charge on any atom is 0.118 e. The van der Waals surface area contributed by atoms with E-state index in [0.29, 0.717) is 19.3 Å². The highest BCUT2D eigenvalue weighted by molar-refractivity contribution is 7.09. The molecule has 1 N–H and O–H groups in total. The third kappa shape index (κ3) is 3.69. The van der Waals surface area contributed by atoms with Crippen LogP contribution in [0.3, 0.4) is 0 Å². The van der Waals surface area contributed by atoms with Crippen molar-refractivity contribution in [3.05, 3.63) is 45.5 Å². The van der Waals surface area contributed by atoms with Crippen molar-refractivity contribution < 1.29 is 9.15 Å².